The highest BCUT2D eigenvalue weighted by atomic mass is 35.5. The molecule has 4 nitrogen and oxygen atoms in total. The van der Waals surface area contributed by atoms with Gasteiger partial charge in [-0.25, -0.2) is 0 Å². The topological polar surface area (TPSA) is 52.1 Å². The standard InChI is InChI=1S/C14H11ClN2O2S/c1-9(20-12-7-3-2-5-10(12)15)14-16-13(17-19-14)11-6-4-8-18-11/h2-9H,1H3/t9-/m1/s1. The van der Waals surface area contributed by atoms with Gasteiger partial charge in [0.25, 0.3) is 0 Å². The van der Waals surface area contributed by atoms with Crippen molar-refractivity contribution in [2.24, 2.45) is 0 Å². The maximum Gasteiger partial charge on any atom is 0.240 e. The normalized spacial score (nSPS) is 12.5. The van der Waals surface area contributed by atoms with Crippen molar-refractivity contribution in [1.29, 1.82) is 0 Å². The molecule has 0 saturated carbocycles. The van der Waals surface area contributed by atoms with Gasteiger partial charge in [-0.3, -0.25) is 0 Å². The summed E-state index contributed by atoms with van der Waals surface area (Å²) in [6.45, 7) is 1.99. The number of rotatable bonds is 4. The van der Waals surface area contributed by atoms with E-state index in [0.717, 1.165) is 9.92 Å². The summed E-state index contributed by atoms with van der Waals surface area (Å²) in [6.07, 6.45) is 1.58. The number of halogens is 1. The quantitative estimate of drug-likeness (QED) is 0.646. The Morgan fingerprint density at radius 2 is 2.05 bits per heavy atom. The lowest BCUT2D eigenvalue weighted by Gasteiger charge is -2.07. The Bertz CT molecular complexity index is 697. The molecule has 1 atom stereocenters. The molecule has 0 amide bonds. The first-order valence-corrected chi connectivity index (χ1v) is 7.28. The summed E-state index contributed by atoms with van der Waals surface area (Å²) in [4.78, 5) is 5.33. The van der Waals surface area contributed by atoms with Crippen molar-refractivity contribution in [3.8, 4) is 11.6 Å². The second-order valence-corrected chi connectivity index (χ2v) is 5.91. The van der Waals surface area contributed by atoms with Gasteiger partial charge in [-0.15, -0.1) is 11.8 Å². The van der Waals surface area contributed by atoms with Crippen LogP contribution in [-0.2, 0) is 0 Å². The molecule has 0 fully saturated rings. The van der Waals surface area contributed by atoms with Crippen LogP contribution in [-0.4, -0.2) is 10.1 Å². The van der Waals surface area contributed by atoms with Crippen LogP contribution >= 0.6 is 23.4 Å². The van der Waals surface area contributed by atoms with Crippen LogP contribution in [0.1, 0.15) is 18.1 Å². The summed E-state index contributed by atoms with van der Waals surface area (Å²) in [5, 5.41) is 4.64. The van der Waals surface area contributed by atoms with Gasteiger partial charge in [0.05, 0.1) is 16.5 Å². The zero-order valence-corrected chi connectivity index (χ0v) is 12.2. The lowest BCUT2D eigenvalue weighted by molar-refractivity contribution is 0.379. The van der Waals surface area contributed by atoms with Crippen molar-refractivity contribution in [3.63, 3.8) is 0 Å². The Labute approximate surface area is 125 Å². The van der Waals surface area contributed by atoms with Crippen LogP contribution in [0.4, 0.5) is 0 Å². The fraction of sp³-hybridized carbons (Fsp3) is 0.143. The average molecular weight is 307 g/mol. The Morgan fingerprint density at radius 3 is 2.80 bits per heavy atom. The minimum Gasteiger partial charge on any atom is -0.461 e. The molecule has 0 aliphatic carbocycles. The molecule has 0 saturated heterocycles. The molecule has 3 rings (SSSR count). The van der Waals surface area contributed by atoms with E-state index in [1.54, 1.807) is 30.2 Å². The highest BCUT2D eigenvalue weighted by Gasteiger charge is 2.18. The smallest absolute Gasteiger partial charge is 0.240 e. The molecule has 1 aromatic carbocycles. The fourth-order valence-electron chi connectivity index (χ4n) is 1.69. The van der Waals surface area contributed by atoms with E-state index in [0.29, 0.717) is 17.5 Å². The van der Waals surface area contributed by atoms with E-state index >= 15 is 0 Å². The summed E-state index contributed by atoms with van der Waals surface area (Å²) in [5.41, 5.74) is 0. The van der Waals surface area contributed by atoms with Crippen LogP contribution in [0.3, 0.4) is 0 Å². The summed E-state index contributed by atoms with van der Waals surface area (Å²) in [7, 11) is 0. The van der Waals surface area contributed by atoms with Gasteiger partial charge in [0.1, 0.15) is 0 Å². The first kappa shape index (κ1) is 13.3. The second kappa shape index (κ2) is 5.73. The lowest BCUT2D eigenvalue weighted by atomic mass is 10.4. The largest absolute Gasteiger partial charge is 0.461 e. The maximum absolute atomic E-state index is 6.14. The molecular weight excluding hydrogens is 296 g/mol. The first-order valence-electron chi connectivity index (χ1n) is 6.02. The van der Waals surface area contributed by atoms with Gasteiger partial charge in [-0.05, 0) is 31.2 Å². The Hall–Kier alpha value is -1.72. The number of furan rings is 1. The SMILES string of the molecule is C[C@@H](Sc1ccccc1Cl)c1nc(-c2ccco2)no1. The van der Waals surface area contributed by atoms with E-state index in [1.807, 2.05) is 31.2 Å². The van der Waals surface area contributed by atoms with E-state index in [9.17, 15) is 0 Å². The summed E-state index contributed by atoms with van der Waals surface area (Å²) in [6, 6.07) is 11.3. The molecule has 0 radical (unpaired) electrons. The van der Waals surface area contributed by atoms with Gasteiger partial charge in [0.15, 0.2) is 5.76 Å². The molecule has 2 aromatic heterocycles. The highest BCUT2D eigenvalue weighted by molar-refractivity contribution is 7.99. The number of benzene rings is 1. The van der Waals surface area contributed by atoms with E-state index in [2.05, 4.69) is 10.1 Å². The van der Waals surface area contributed by atoms with E-state index in [1.165, 1.54) is 0 Å². The molecular formula is C14H11ClN2O2S. The number of hydrogen-bond donors (Lipinski definition) is 0. The Morgan fingerprint density at radius 1 is 1.20 bits per heavy atom. The number of thioether (sulfide) groups is 1. The molecule has 3 aromatic rings. The first-order chi connectivity index (χ1) is 9.74. The third-order valence-electron chi connectivity index (χ3n) is 2.67. The molecule has 0 N–H and O–H groups in total. The van der Waals surface area contributed by atoms with E-state index in [4.69, 9.17) is 20.5 Å². The number of nitrogens with zero attached hydrogens (tertiary/aromatic N) is 2. The lowest BCUT2D eigenvalue weighted by Crippen LogP contribution is -1.89. The van der Waals surface area contributed by atoms with Crippen molar-refractivity contribution in [1.82, 2.24) is 10.1 Å². The Kier molecular flexibility index (Phi) is 3.80. The molecule has 2 heterocycles. The minimum absolute atomic E-state index is 0.00566. The molecule has 0 aliphatic rings. The van der Waals surface area contributed by atoms with Crippen LogP contribution in [0.15, 0.2) is 56.5 Å². The Balaban J connectivity index is 1.78. The van der Waals surface area contributed by atoms with Crippen LogP contribution in [0.25, 0.3) is 11.6 Å². The fourth-order valence-corrected chi connectivity index (χ4v) is 2.87. The van der Waals surface area contributed by atoms with Gasteiger partial charge < -0.3 is 8.94 Å². The molecule has 0 unspecified atom stereocenters. The van der Waals surface area contributed by atoms with Gasteiger partial charge in [-0.1, -0.05) is 28.9 Å². The summed E-state index contributed by atoms with van der Waals surface area (Å²) in [5.74, 6) is 1.59. The van der Waals surface area contributed by atoms with Crippen LogP contribution in [0, 0.1) is 0 Å². The molecule has 0 aliphatic heterocycles. The maximum atomic E-state index is 6.14. The molecule has 20 heavy (non-hydrogen) atoms. The second-order valence-electron chi connectivity index (χ2n) is 4.12. The number of aromatic nitrogens is 2. The van der Waals surface area contributed by atoms with Gasteiger partial charge in [-0.2, -0.15) is 4.98 Å². The average Bonchev–Trinajstić information content (AvgIpc) is 3.11. The van der Waals surface area contributed by atoms with Crippen LogP contribution in [0.5, 0.6) is 0 Å². The third-order valence-corrected chi connectivity index (χ3v) is 4.28. The van der Waals surface area contributed by atoms with Crippen molar-refractivity contribution in [2.45, 2.75) is 17.1 Å². The molecule has 6 heteroatoms. The van der Waals surface area contributed by atoms with Crippen molar-refractivity contribution in [3.05, 3.63) is 53.6 Å². The predicted molar refractivity (Wildman–Crippen MR) is 77.7 cm³/mol. The van der Waals surface area contributed by atoms with Crippen molar-refractivity contribution >= 4 is 23.4 Å². The van der Waals surface area contributed by atoms with Crippen molar-refractivity contribution in [2.75, 3.05) is 0 Å². The zero-order valence-electron chi connectivity index (χ0n) is 10.6. The van der Waals surface area contributed by atoms with E-state index in [-0.39, 0.29) is 5.25 Å². The van der Waals surface area contributed by atoms with Crippen LogP contribution in [0.2, 0.25) is 5.02 Å². The predicted octanol–water partition coefficient (Wildman–Crippen LogP) is 4.84. The van der Waals surface area contributed by atoms with Gasteiger partial charge >= 0.3 is 0 Å². The van der Waals surface area contributed by atoms with Crippen LogP contribution < -0.4 is 0 Å². The summed E-state index contributed by atoms with van der Waals surface area (Å²) < 4.78 is 10.5. The zero-order chi connectivity index (χ0) is 13.9. The summed E-state index contributed by atoms with van der Waals surface area (Å²) >= 11 is 7.71. The number of hydrogen-bond acceptors (Lipinski definition) is 5. The molecule has 0 spiro atoms. The van der Waals surface area contributed by atoms with E-state index < -0.39 is 0 Å². The van der Waals surface area contributed by atoms with Gasteiger partial charge in [0.2, 0.25) is 11.7 Å². The minimum atomic E-state index is 0.00566. The molecule has 0 bridgehead atoms. The molecule has 102 valence electrons. The highest BCUT2D eigenvalue weighted by Crippen LogP contribution is 2.38. The van der Waals surface area contributed by atoms with Crippen molar-refractivity contribution < 1.29 is 8.94 Å². The van der Waals surface area contributed by atoms with Gasteiger partial charge in [0, 0.05) is 4.90 Å². The monoisotopic (exact) mass is 306 g/mol. The third kappa shape index (κ3) is 2.73.